The molecule has 3 rings (SSSR count). The molecule has 0 amide bonds. The average Bonchev–Trinajstić information content (AvgIpc) is 2.76. The fraction of sp³-hybridized carbons (Fsp3) is 0.167. The highest BCUT2D eigenvalue weighted by Gasteiger charge is 2.09. The number of benzene rings is 3. The summed E-state index contributed by atoms with van der Waals surface area (Å²) >= 11 is 0. The normalized spacial score (nSPS) is 10.2. The Morgan fingerprint density at radius 1 is 0.724 bits per heavy atom. The van der Waals surface area contributed by atoms with E-state index in [0.717, 1.165) is 11.3 Å². The van der Waals surface area contributed by atoms with E-state index in [1.54, 1.807) is 36.4 Å². The minimum atomic E-state index is -0.484. The minimum absolute atomic E-state index is 0.0647. The zero-order valence-electron chi connectivity index (χ0n) is 16.2. The molecule has 0 aliphatic rings. The van der Waals surface area contributed by atoms with Crippen molar-refractivity contribution in [2.45, 2.75) is 6.92 Å². The van der Waals surface area contributed by atoms with Crippen molar-refractivity contribution in [2.24, 2.45) is 0 Å². The second kappa shape index (κ2) is 10.1. The summed E-state index contributed by atoms with van der Waals surface area (Å²) in [6.45, 7) is 2.18. The van der Waals surface area contributed by atoms with Crippen LogP contribution in [0, 0.1) is 6.92 Å². The molecule has 0 heterocycles. The number of ketones is 1. The fourth-order valence-corrected chi connectivity index (χ4v) is 2.66. The molecule has 0 saturated carbocycles. The third-order valence-corrected chi connectivity index (χ3v) is 4.11. The summed E-state index contributed by atoms with van der Waals surface area (Å²) in [5.74, 6) is 0.678. The van der Waals surface area contributed by atoms with Crippen LogP contribution in [-0.2, 0) is 9.53 Å². The van der Waals surface area contributed by atoms with Gasteiger partial charge in [-0.2, -0.15) is 0 Å². The lowest BCUT2D eigenvalue weighted by molar-refractivity contribution is -0.146. The highest BCUT2D eigenvalue weighted by Crippen LogP contribution is 2.16. The Hall–Kier alpha value is -3.60. The molecule has 0 N–H and O–H groups in total. The van der Waals surface area contributed by atoms with Crippen molar-refractivity contribution in [2.75, 3.05) is 19.8 Å². The van der Waals surface area contributed by atoms with Crippen LogP contribution in [0.15, 0.2) is 78.9 Å². The van der Waals surface area contributed by atoms with Crippen LogP contribution in [0.5, 0.6) is 11.5 Å². The van der Waals surface area contributed by atoms with Gasteiger partial charge in [0.2, 0.25) is 0 Å². The number of esters is 1. The van der Waals surface area contributed by atoms with E-state index >= 15 is 0 Å². The molecule has 0 radical (unpaired) electrons. The molecule has 29 heavy (non-hydrogen) atoms. The summed E-state index contributed by atoms with van der Waals surface area (Å²) < 4.78 is 16.0. The van der Waals surface area contributed by atoms with Gasteiger partial charge in [-0.25, -0.2) is 4.79 Å². The van der Waals surface area contributed by atoms with Gasteiger partial charge >= 0.3 is 5.97 Å². The topological polar surface area (TPSA) is 61.8 Å². The number of aryl methyl sites for hydroxylation is 1. The van der Waals surface area contributed by atoms with E-state index in [4.69, 9.17) is 14.2 Å². The van der Waals surface area contributed by atoms with Crippen LogP contribution in [0.3, 0.4) is 0 Å². The van der Waals surface area contributed by atoms with Gasteiger partial charge in [-0.15, -0.1) is 0 Å². The Balaban J connectivity index is 1.39. The molecule has 0 fully saturated rings. The molecule has 0 atom stereocenters. The lowest BCUT2D eigenvalue weighted by Gasteiger charge is -2.09. The summed E-state index contributed by atoms with van der Waals surface area (Å²) in [5.41, 5.74) is 2.28. The Kier molecular flexibility index (Phi) is 7.00. The SMILES string of the molecule is Cc1cccc(OCCOC(=O)COc2ccc(C(=O)c3ccccc3)cc2)c1. The Labute approximate surface area is 169 Å². The summed E-state index contributed by atoms with van der Waals surface area (Å²) in [4.78, 5) is 24.1. The van der Waals surface area contributed by atoms with Gasteiger partial charge in [-0.3, -0.25) is 4.79 Å². The van der Waals surface area contributed by atoms with Gasteiger partial charge in [0.1, 0.15) is 24.7 Å². The van der Waals surface area contributed by atoms with Gasteiger partial charge in [-0.05, 0) is 48.9 Å². The predicted octanol–water partition coefficient (Wildman–Crippen LogP) is 4.23. The van der Waals surface area contributed by atoms with Crippen LogP contribution < -0.4 is 9.47 Å². The van der Waals surface area contributed by atoms with Gasteiger partial charge in [-0.1, -0.05) is 42.5 Å². The summed E-state index contributed by atoms with van der Waals surface area (Å²) in [5, 5.41) is 0. The van der Waals surface area contributed by atoms with E-state index < -0.39 is 5.97 Å². The molecule has 0 saturated heterocycles. The highest BCUT2D eigenvalue weighted by molar-refractivity contribution is 6.08. The number of carbonyl (C=O) groups excluding carboxylic acids is 2. The van der Waals surface area contributed by atoms with E-state index in [-0.39, 0.29) is 25.6 Å². The third-order valence-electron chi connectivity index (χ3n) is 4.11. The molecule has 3 aromatic rings. The lowest BCUT2D eigenvalue weighted by Crippen LogP contribution is -2.18. The molecular weight excluding hydrogens is 368 g/mol. The van der Waals surface area contributed by atoms with Crippen LogP contribution in [0.25, 0.3) is 0 Å². The number of hydrogen-bond acceptors (Lipinski definition) is 5. The summed E-state index contributed by atoms with van der Waals surface area (Å²) in [6.07, 6.45) is 0. The molecule has 148 valence electrons. The Morgan fingerprint density at radius 2 is 1.45 bits per heavy atom. The maximum absolute atomic E-state index is 12.4. The fourth-order valence-electron chi connectivity index (χ4n) is 2.66. The molecule has 0 spiro atoms. The number of carbonyl (C=O) groups is 2. The summed E-state index contributed by atoms with van der Waals surface area (Å²) in [7, 11) is 0. The van der Waals surface area contributed by atoms with Crippen LogP contribution in [0.2, 0.25) is 0 Å². The maximum atomic E-state index is 12.4. The molecule has 0 aromatic heterocycles. The first kappa shape index (κ1) is 20.1. The van der Waals surface area contributed by atoms with Crippen LogP contribution in [0.4, 0.5) is 0 Å². The van der Waals surface area contributed by atoms with E-state index in [0.29, 0.717) is 16.9 Å². The van der Waals surface area contributed by atoms with E-state index in [2.05, 4.69) is 0 Å². The van der Waals surface area contributed by atoms with Crippen molar-refractivity contribution in [3.05, 3.63) is 95.6 Å². The van der Waals surface area contributed by atoms with Crippen molar-refractivity contribution in [1.29, 1.82) is 0 Å². The minimum Gasteiger partial charge on any atom is -0.490 e. The first-order chi connectivity index (χ1) is 14.1. The van der Waals surface area contributed by atoms with Gasteiger partial charge in [0, 0.05) is 11.1 Å². The monoisotopic (exact) mass is 390 g/mol. The smallest absolute Gasteiger partial charge is 0.344 e. The lowest BCUT2D eigenvalue weighted by atomic mass is 10.0. The second-order valence-corrected chi connectivity index (χ2v) is 6.39. The zero-order chi connectivity index (χ0) is 20.5. The van der Waals surface area contributed by atoms with Gasteiger partial charge in [0.25, 0.3) is 0 Å². The molecule has 3 aromatic carbocycles. The van der Waals surface area contributed by atoms with E-state index in [1.807, 2.05) is 49.4 Å². The zero-order valence-corrected chi connectivity index (χ0v) is 16.2. The van der Waals surface area contributed by atoms with Crippen molar-refractivity contribution in [1.82, 2.24) is 0 Å². The molecule has 5 nitrogen and oxygen atoms in total. The quantitative estimate of drug-likeness (QED) is 0.311. The predicted molar refractivity (Wildman–Crippen MR) is 109 cm³/mol. The van der Waals surface area contributed by atoms with Crippen molar-refractivity contribution >= 4 is 11.8 Å². The molecule has 5 heteroatoms. The summed E-state index contributed by atoms with van der Waals surface area (Å²) in [6, 6.07) is 23.4. The first-order valence-electron chi connectivity index (χ1n) is 9.29. The van der Waals surface area contributed by atoms with Crippen LogP contribution in [0.1, 0.15) is 21.5 Å². The largest absolute Gasteiger partial charge is 0.490 e. The van der Waals surface area contributed by atoms with Crippen LogP contribution >= 0.6 is 0 Å². The number of ether oxygens (including phenoxy) is 3. The molecular formula is C24H22O5. The van der Waals surface area contributed by atoms with E-state index in [9.17, 15) is 9.59 Å². The highest BCUT2D eigenvalue weighted by atomic mass is 16.6. The Morgan fingerprint density at radius 3 is 2.17 bits per heavy atom. The van der Waals surface area contributed by atoms with Crippen molar-refractivity contribution in [3.63, 3.8) is 0 Å². The standard InChI is InChI=1S/C24H22O5/c1-18-6-5-9-22(16-18)27-14-15-28-23(25)17-29-21-12-10-20(11-13-21)24(26)19-7-3-2-4-8-19/h2-13,16H,14-15,17H2,1H3. The molecule has 0 aliphatic carbocycles. The van der Waals surface area contributed by atoms with Crippen molar-refractivity contribution < 1.29 is 23.8 Å². The average molecular weight is 390 g/mol. The maximum Gasteiger partial charge on any atom is 0.344 e. The molecule has 0 bridgehead atoms. The van der Waals surface area contributed by atoms with Crippen molar-refractivity contribution in [3.8, 4) is 11.5 Å². The third kappa shape index (κ3) is 6.21. The second-order valence-electron chi connectivity index (χ2n) is 6.39. The van der Waals surface area contributed by atoms with Gasteiger partial charge in [0.15, 0.2) is 12.4 Å². The molecule has 0 aliphatic heterocycles. The number of hydrogen-bond donors (Lipinski definition) is 0. The first-order valence-corrected chi connectivity index (χ1v) is 9.29. The Bertz CT molecular complexity index is 949. The number of rotatable bonds is 9. The van der Waals surface area contributed by atoms with Crippen LogP contribution in [-0.4, -0.2) is 31.6 Å². The molecule has 0 unspecified atom stereocenters. The van der Waals surface area contributed by atoms with Gasteiger partial charge in [0.05, 0.1) is 0 Å². The van der Waals surface area contributed by atoms with E-state index in [1.165, 1.54) is 0 Å². The van der Waals surface area contributed by atoms with Gasteiger partial charge < -0.3 is 14.2 Å².